The molecule has 0 aliphatic rings. The molecule has 0 aliphatic carbocycles. The van der Waals surface area contributed by atoms with Crippen LogP contribution in [-0.2, 0) is 20.5 Å². The van der Waals surface area contributed by atoms with Gasteiger partial charge in [-0.2, -0.15) is 18.4 Å². The van der Waals surface area contributed by atoms with E-state index in [1.165, 1.54) is 13.0 Å². The molecule has 0 radical (unpaired) electrons. The Morgan fingerprint density at radius 1 is 1.32 bits per heavy atom. The van der Waals surface area contributed by atoms with Gasteiger partial charge in [-0.25, -0.2) is 4.79 Å². The molecule has 8 heteroatoms. The Labute approximate surface area is 124 Å². The van der Waals surface area contributed by atoms with E-state index in [0.29, 0.717) is 0 Å². The van der Waals surface area contributed by atoms with Gasteiger partial charge in [0.15, 0.2) is 0 Å². The molecule has 0 saturated carbocycles. The maximum absolute atomic E-state index is 12.4. The van der Waals surface area contributed by atoms with Crippen LogP contribution in [0, 0.1) is 11.3 Å². The number of alkyl halides is 3. The van der Waals surface area contributed by atoms with Gasteiger partial charge in [0, 0.05) is 11.9 Å². The molecule has 0 amide bonds. The standard InChI is InChI=1S/C14H11F3N2O3/c1-2-22-13(21)12(20)9(7-18)8-19-11-5-3-10(4-6-11)14(15,16)17/h3-6,8,19H,2H2,1H3/b9-8+. The topological polar surface area (TPSA) is 79.2 Å². The summed E-state index contributed by atoms with van der Waals surface area (Å²) in [6.07, 6.45) is -3.52. The predicted molar refractivity (Wildman–Crippen MR) is 70.4 cm³/mol. The SMILES string of the molecule is CCOC(=O)C(=O)/C(C#N)=C/Nc1ccc(C(F)(F)F)cc1. The molecule has 1 rings (SSSR count). The second-order valence-corrected chi connectivity index (χ2v) is 3.94. The van der Waals surface area contributed by atoms with E-state index < -0.39 is 29.1 Å². The molecular weight excluding hydrogens is 301 g/mol. The van der Waals surface area contributed by atoms with Gasteiger partial charge in [-0.05, 0) is 31.2 Å². The van der Waals surface area contributed by atoms with Gasteiger partial charge in [0.25, 0.3) is 5.78 Å². The molecular formula is C14H11F3N2O3. The van der Waals surface area contributed by atoms with Gasteiger partial charge in [0.1, 0.15) is 11.6 Å². The Morgan fingerprint density at radius 2 is 1.91 bits per heavy atom. The first-order valence-electron chi connectivity index (χ1n) is 6.05. The maximum Gasteiger partial charge on any atom is 0.416 e. The summed E-state index contributed by atoms with van der Waals surface area (Å²) in [7, 11) is 0. The molecule has 116 valence electrons. The first kappa shape index (κ1) is 17.2. The lowest BCUT2D eigenvalue weighted by Crippen LogP contribution is -2.19. The lowest BCUT2D eigenvalue weighted by Gasteiger charge is -2.07. The van der Waals surface area contributed by atoms with Crippen LogP contribution in [-0.4, -0.2) is 18.4 Å². The van der Waals surface area contributed by atoms with Gasteiger partial charge in [0.05, 0.1) is 12.2 Å². The zero-order chi connectivity index (χ0) is 16.8. The van der Waals surface area contributed by atoms with Gasteiger partial charge < -0.3 is 10.1 Å². The molecule has 0 fully saturated rings. The number of anilines is 1. The number of benzene rings is 1. The number of esters is 1. The highest BCUT2D eigenvalue weighted by Gasteiger charge is 2.29. The number of carbonyl (C=O) groups excluding carboxylic acids is 2. The predicted octanol–water partition coefficient (Wildman–Crippen LogP) is 2.66. The monoisotopic (exact) mass is 312 g/mol. The van der Waals surface area contributed by atoms with Crippen molar-refractivity contribution in [2.45, 2.75) is 13.1 Å². The lowest BCUT2D eigenvalue weighted by atomic mass is 10.2. The lowest BCUT2D eigenvalue weighted by molar-refractivity contribution is -0.151. The number of hydrogen-bond acceptors (Lipinski definition) is 5. The Bertz CT molecular complexity index is 628. The van der Waals surface area contributed by atoms with Crippen molar-refractivity contribution in [1.29, 1.82) is 5.26 Å². The fourth-order valence-electron chi connectivity index (χ4n) is 1.37. The third-order valence-electron chi connectivity index (χ3n) is 2.42. The van der Waals surface area contributed by atoms with Crippen molar-refractivity contribution in [3.8, 4) is 6.07 Å². The van der Waals surface area contributed by atoms with Crippen molar-refractivity contribution in [2.75, 3.05) is 11.9 Å². The summed E-state index contributed by atoms with van der Waals surface area (Å²) in [4.78, 5) is 22.7. The average molecular weight is 312 g/mol. The molecule has 1 N–H and O–H groups in total. The summed E-state index contributed by atoms with van der Waals surface area (Å²) in [5.74, 6) is -2.31. The molecule has 0 spiro atoms. The molecule has 0 saturated heterocycles. The van der Waals surface area contributed by atoms with Crippen LogP contribution in [0.3, 0.4) is 0 Å². The minimum atomic E-state index is -4.45. The van der Waals surface area contributed by atoms with Crippen LogP contribution in [0.15, 0.2) is 36.0 Å². The van der Waals surface area contributed by atoms with Gasteiger partial charge >= 0.3 is 12.1 Å². The number of halogens is 3. The number of nitriles is 1. The second-order valence-electron chi connectivity index (χ2n) is 3.94. The number of ether oxygens (including phenoxy) is 1. The second kappa shape index (κ2) is 7.26. The number of Topliss-reactive ketones (excluding diaryl/α,β-unsaturated/α-hetero) is 1. The Balaban J connectivity index is 2.83. The van der Waals surface area contributed by atoms with Crippen molar-refractivity contribution in [2.24, 2.45) is 0 Å². The van der Waals surface area contributed by atoms with Crippen LogP contribution in [0.4, 0.5) is 18.9 Å². The van der Waals surface area contributed by atoms with E-state index in [0.717, 1.165) is 30.5 Å². The quantitative estimate of drug-likeness (QED) is 0.391. The summed E-state index contributed by atoms with van der Waals surface area (Å²) in [6, 6.07) is 5.46. The minimum absolute atomic E-state index is 0.0182. The zero-order valence-electron chi connectivity index (χ0n) is 11.4. The fourth-order valence-corrected chi connectivity index (χ4v) is 1.37. The van der Waals surface area contributed by atoms with Crippen LogP contribution in [0.25, 0.3) is 0 Å². The third kappa shape index (κ3) is 4.63. The van der Waals surface area contributed by atoms with Crippen molar-refractivity contribution < 1.29 is 27.5 Å². The summed E-state index contributed by atoms with van der Waals surface area (Å²) in [5, 5.41) is 11.3. The van der Waals surface area contributed by atoms with Gasteiger partial charge in [0.2, 0.25) is 0 Å². The molecule has 0 aromatic heterocycles. The van der Waals surface area contributed by atoms with Gasteiger partial charge in [-0.1, -0.05) is 0 Å². The minimum Gasteiger partial charge on any atom is -0.460 e. The number of ketones is 1. The first-order chi connectivity index (χ1) is 10.3. The first-order valence-corrected chi connectivity index (χ1v) is 6.05. The normalized spacial score (nSPS) is 11.5. The van der Waals surface area contributed by atoms with E-state index >= 15 is 0 Å². The largest absolute Gasteiger partial charge is 0.460 e. The third-order valence-corrected chi connectivity index (χ3v) is 2.42. The van der Waals surface area contributed by atoms with Crippen molar-refractivity contribution >= 4 is 17.4 Å². The summed E-state index contributed by atoms with van der Waals surface area (Å²) in [5.41, 5.74) is -1.12. The van der Waals surface area contributed by atoms with Gasteiger partial charge in [-0.3, -0.25) is 4.79 Å². The fraction of sp³-hybridized carbons (Fsp3) is 0.214. The maximum atomic E-state index is 12.4. The average Bonchev–Trinajstić information content (AvgIpc) is 2.47. The number of nitrogens with zero attached hydrogens (tertiary/aromatic N) is 1. The van der Waals surface area contributed by atoms with Crippen LogP contribution >= 0.6 is 0 Å². The Morgan fingerprint density at radius 3 is 2.36 bits per heavy atom. The summed E-state index contributed by atoms with van der Waals surface area (Å²) >= 11 is 0. The molecule has 0 unspecified atom stereocenters. The molecule has 1 aromatic rings. The van der Waals surface area contributed by atoms with E-state index in [4.69, 9.17) is 5.26 Å². The van der Waals surface area contributed by atoms with E-state index in [1.807, 2.05) is 0 Å². The number of hydrogen-bond donors (Lipinski definition) is 1. The molecule has 22 heavy (non-hydrogen) atoms. The summed E-state index contributed by atoms with van der Waals surface area (Å²) in [6.45, 7) is 1.48. The highest BCUT2D eigenvalue weighted by atomic mass is 19.4. The molecule has 0 atom stereocenters. The van der Waals surface area contributed by atoms with Crippen LogP contribution in [0.2, 0.25) is 0 Å². The molecule has 0 bridgehead atoms. The van der Waals surface area contributed by atoms with Crippen molar-refractivity contribution in [1.82, 2.24) is 0 Å². The smallest absolute Gasteiger partial charge is 0.416 e. The number of carbonyl (C=O) groups is 2. The molecule has 1 aromatic carbocycles. The van der Waals surface area contributed by atoms with E-state index in [1.54, 1.807) is 0 Å². The van der Waals surface area contributed by atoms with Crippen molar-refractivity contribution in [3.63, 3.8) is 0 Å². The summed E-state index contributed by atoms with van der Waals surface area (Å²) < 4.78 is 41.6. The zero-order valence-corrected chi connectivity index (χ0v) is 11.4. The number of nitrogens with one attached hydrogen (secondary N) is 1. The van der Waals surface area contributed by atoms with Crippen LogP contribution < -0.4 is 5.32 Å². The van der Waals surface area contributed by atoms with Crippen molar-refractivity contribution in [3.05, 3.63) is 41.6 Å². The van der Waals surface area contributed by atoms with Crippen LogP contribution in [0.5, 0.6) is 0 Å². The highest BCUT2D eigenvalue weighted by Crippen LogP contribution is 2.29. The van der Waals surface area contributed by atoms with E-state index in [9.17, 15) is 22.8 Å². The van der Waals surface area contributed by atoms with Gasteiger partial charge in [-0.15, -0.1) is 0 Å². The molecule has 5 nitrogen and oxygen atoms in total. The molecule has 0 heterocycles. The Hall–Kier alpha value is -2.82. The Kier molecular flexibility index (Phi) is 5.69. The number of rotatable bonds is 5. The van der Waals surface area contributed by atoms with Crippen LogP contribution in [0.1, 0.15) is 12.5 Å². The van der Waals surface area contributed by atoms with E-state index in [2.05, 4.69) is 10.1 Å². The van der Waals surface area contributed by atoms with E-state index in [-0.39, 0.29) is 12.3 Å². The highest BCUT2D eigenvalue weighted by molar-refractivity contribution is 6.41. The molecule has 0 aliphatic heterocycles.